The van der Waals surface area contributed by atoms with E-state index in [1.807, 2.05) is 0 Å². The minimum Gasteiger partial charge on any atom is -0.476 e. The van der Waals surface area contributed by atoms with Gasteiger partial charge in [0.15, 0.2) is 0 Å². The zero-order valence-electron chi connectivity index (χ0n) is 19.4. The van der Waals surface area contributed by atoms with E-state index >= 15 is 0 Å². The Hall–Kier alpha value is -2.13. The molecule has 6 heteroatoms. The second-order valence-corrected chi connectivity index (χ2v) is 9.10. The van der Waals surface area contributed by atoms with Crippen LogP contribution in [-0.2, 0) is 11.2 Å². The number of fused-ring (bicyclic) bond motifs is 1. The van der Waals surface area contributed by atoms with Crippen molar-refractivity contribution >= 4 is 5.91 Å². The van der Waals surface area contributed by atoms with Gasteiger partial charge in [0.05, 0.1) is 12.6 Å². The van der Waals surface area contributed by atoms with Gasteiger partial charge < -0.3 is 15.4 Å². The highest BCUT2D eigenvalue weighted by Gasteiger charge is 2.34. The number of nitrogens with zero attached hydrogens (tertiary/aromatic N) is 2. The Balaban J connectivity index is 1.73. The topological polar surface area (TPSA) is 87.0 Å². The number of amides is 1. The number of nitriles is 1. The smallest absolute Gasteiger partial charge is 0.234 e. The predicted octanol–water partition coefficient (Wildman–Crippen LogP) is 4.15. The summed E-state index contributed by atoms with van der Waals surface area (Å²) in [5, 5.41) is 15.8. The Bertz CT molecular complexity index is 792. The van der Waals surface area contributed by atoms with Gasteiger partial charge in [0.25, 0.3) is 0 Å². The van der Waals surface area contributed by atoms with Crippen molar-refractivity contribution in [3.05, 3.63) is 22.4 Å². The molecule has 2 heterocycles. The van der Waals surface area contributed by atoms with Crippen molar-refractivity contribution < 1.29 is 9.53 Å². The summed E-state index contributed by atoms with van der Waals surface area (Å²) < 4.78 is 6.09. The third kappa shape index (κ3) is 5.77. The minimum atomic E-state index is 0.0120. The second kappa shape index (κ2) is 11.5. The van der Waals surface area contributed by atoms with E-state index in [4.69, 9.17) is 4.74 Å². The van der Waals surface area contributed by atoms with Crippen LogP contribution in [0.2, 0.25) is 0 Å². The normalized spacial score (nSPS) is 21.3. The van der Waals surface area contributed by atoms with Crippen molar-refractivity contribution in [2.45, 2.75) is 90.5 Å². The highest BCUT2D eigenvalue weighted by Crippen LogP contribution is 2.46. The molecule has 3 unspecified atom stereocenters. The molecule has 0 spiro atoms. The van der Waals surface area contributed by atoms with Crippen LogP contribution in [0.3, 0.4) is 0 Å². The number of rotatable bonds is 11. The van der Waals surface area contributed by atoms with Gasteiger partial charge in [-0.25, -0.2) is 4.98 Å². The molecule has 1 aromatic rings. The molecule has 0 bridgehead atoms. The lowest BCUT2D eigenvalue weighted by Crippen LogP contribution is -2.54. The molecule has 1 aromatic heterocycles. The number of unbranched alkanes of at least 4 members (excludes halogenated alkanes) is 4. The number of ether oxygens (including phenoxy) is 1. The van der Waals surface area contributed by atoms with Crippen LogP contribution in [0, 0.1) is 24.2 Å². The second-order valence-electron chi connectivity index (χ2n) is 9.10. The number of carbonyl (C=O) groups excluding carboxylic acids is 1. The summed E-state index contributed by atoms with van der Waals surface area (Å²) in [6.45, 7) is 7.95. The molecule has 0 radical (unpaired) electrons. The number of nitrogens with one attached hydrogen (secondary N) is 2. The summed E-state index contributed by atoms with van der Waals surface area (Å²) in [4.78, 5) is 15.9. The van der Waals surface area contributed by atoms with E-state index < -0.39 is 0 Å². The van der Waals surface area contributed by atoms with Crippen molar-refractivity contribution in [1.82, 2.24) is 15.6 Å². The number of pyridine rings is 1. The summed E-state index contributed by atoms with van der Waals surface area (Å²) in [7, 11) is 0. The first-order chi connectivity index (χ1) is 15.1. The lowest BCUT2D eigenvalue weighted by atomic mass is 9.80. The van der Waals surface area contributed by atoms with Crippen LogP contribution in [0.15, 0.2) is 0 Å². The van der Waals surface area contributed by atoms with Crippen molar-refractivity contribution in [3.63, 3.8) is 0 Å². The highest BCUT2D eigenvalue weighted by molar-refractivity contribution is 5.78. The highest BCUT2D eigenvalue weighted by atomic mass is 16.5. The van der Waals surface area contributed by atoms with Crippen LogP contribution < -0.4 is 15.4 Å². The standard InChI is InChI=1S/C25H38N4O2/c1-4-6-7-8-9-10-18(5-2)20-11-12-21-22(13-26)29-25(17(3)24(20)21)31-16-19-14-28-23(30)15-27-19/h18-20,27H,4-12,14-16H2,1-3H3,(H,28,30). The molecular weight excluding hydrogens is 388 g/mol. The quantitative estimate of drug-likeness (QED) is 0.519. The number of hydrogen-bond donors (Lipinski definition) is 2. The Labute approximate surface area is 187 Å². The Morgan fingerprint density at radius 2 is 2.06 bits per heavy atom. The van der Waals surface area contributed by atoms with E-state index in [0.29, 0.717) is 43.1 Å². The molecule has 1 saturated heterocycles. The van der Waals surface area contributed by atoms with Crippen LogP contribution >= 0.6 is 0 Å². The van der Waals surface area contributed by atoms with E-state index in [0.717, 1.165) is 24.0 Å². The molecule has 1 aliphatic heterocycles. The van der Waals surface area contributed by atoms with E-state index in [2.05, 4.69) is 42.5 Å². The minimum absolute atomic E-state index is 0.0120. The van der Waals surface area contributed by atoms with Gasteiger partial charge in [0.1, 0.15) is 18.4 Å². The van der Waals surface area contributed by atoms with Crippen molar-refractivity contribution in [3.8, 4) is 11.9 Å². The van der Waals surface area contributed by atoms with Gasteiger partial charge in [-0.1, -0.05) is 52.4 Å². The molecular formula is C25H38N4O2. The lowest BCUT2D eigenvalue weighted by molar-refractivity contribution is -0.121. The van der Waals surface area contributed by atoms with Crippen LogP contribution in [-0.4, -0.2) is 36.6 Å². The molecule has 6 nitrogen and oxygen atoms in total. The largest absolute Gasteiger partial charge is 0.476 e. The van der Waals surface area contributed by atoms with Crippen molar-refractivity contribution in [2.24, 2.45) is 5.92 Å². The number of carbonyl (C=O) groups is 1. The third-order valence-electron chi connectivity index (χ3n) is 7.02. The van der Waals surface area contributed by atoms with Gasteiger partial charge >= 0.3 is 0 Å². The fourth-order valence-corrected chi connectivity index (χ4v) is 5.23. The molecule has 0 aromatic carbocycles. The van der Waals surface area contributed by atoms with Crippen LogP contribution in [0.1, 0.15) is 93.5 Å². The third-order valence-corrected chi connectivity index (χ3v) is 7.02. The summed E-state index contributed by atoms with van der Waals surface area (Å²) in [5.74, 6) is 1.74. The number of hydrogen-bond acceptors (Lipinski definition) is 5. The van der Waals surface area contributed by atoms with E-state index in [1.165, 1.54) is 50.5 Å². The van der Waals surface area contributed by atoms with Gasteiger partial charge in [-0.2, -0.15) is 5.26 Å². The molecule has 3 rings (SSSR count). The Morgan fingerprint density at radius 3 is 2.74 bits per heavy atom. The van der Waals surface area contributed by atoms with Crippen molar-refractivity contribution in [2.75, 3.05) is 19.7 Å². The molecule has 170 valence electrons. The van der Waals surface area contributed by atoms with E-state index in [1.54, 1.807) is 0 Å². The first-order valence-corrected chi connectivity index (χ1v) is 12.1. The summed E-state index contributed by atoms with van der Waals surface area (Å²) in [5.41, 5.74) is 4.10. The number of aromatic nitrogens is 1. The maximum atomic E-state index is 11.3. The molecule has 1 fully saturated rings. The van der Waals surface area contributed by atoms with Crippen LogP contribution in [0.5, 0.6) is 5.88 Å². The van der Waals surface area contributed by atoms with Crippen LogP contribution in [0.25, 0.3) is 0 Å². The first kappa shape index (κ1) is 23.5. The molecule has 31 heavy (non-hydrogen) atoms. The van der Waals surface area contributed by atoms with E-state index in [-0.39, 0.29) is 11.9 Å². The average molecular weight is 427 g/mol. The van der Waals surface area contributed by atoms with Gasteiger partial charge in [-0.05, 0) is 49.1 Å². The predicted molar refractivity (Wildman–Crippen MR) is 122 cm³/mol. The lowest BCUT2D eigenvalue weighted by Gasteiger charge is -2.26. The van der Waals surface area contributed by atoms with Gasteiger partial charge in [-0.3, -0.25) is 4.79 Å². The van der Waals surface area contributed by atoms with Crippen LogP contribution in [0.4, 0.5) is 0 Å². The first-order valence-electron chi connectivity index (χ1n) is 12.1. The molecule has 0 saturated carbocycles. The van der Waals surface area contributed by atoms with Gasteiger partial charge in [-0.15, -0.1) is 0 Å². The molecule has 2 aliphatic rings. The van der Waals surface area contributed by atoms with Gasteiger partial charge in [0, 0.05) is 12.1 Å². The summed E-state index contributed by atoms with van der Waals surface area (Å²) in [6.07, 6.45) is 11.0. The van der Waals surface area contributed by atoms with Crippen molar-refractivity contribution in [1.29, 1.82) is 5.26 Å². The fraction of sp³-hybridized carbons (Fsp3) is 0.720. The molecule has 2 N–H and O–H groups in total. The average Bonchev–Trinajstić information content (AvgIpc) is 3.22. The summed E-state index contributed by atoms with van der Waals surface area (Å²) in [6, 6.07) is 2.37. The Kier molecular flexibility index (Phi) is 8.71. The fourth-order valence-electron chi connectivity index (χ4n) is 5.23. The number of piperazine rings is 1. The molecule has 1 aliphatic carbocycles. The zero-order chi connectivity index (χ0) is 22.2. The van der Waals surface area contributed by atoms with Gasteiger partial charge in [0.2, 0.25) is 11.8 Å². The maximum absolute atomic E-state index is 11.3. The monoisotopic (exact) mass is 426 g/mol. The van der Waals surface area contributed by atoms with E-state index in [9.17, 15) is 10.1 Å². The zero-order valence-corrected chi connectivity index (χ0v) is 19.4. The maximum Gasteiger partial charge on any atom is 0.234 e. The molecule has 1 amide bonds. The summed E-state index contributed by atoms with van der Waals surface area (Å²) >= 11 is 0. The Morgan fingerprint density at radius 1 is 1.26 bits per heavy atom. The molecule has 3 atom stereocenters. The SMILES string of the molecule is CCCCCCCC(CC)C1CCc2c(C#N)nc(OCC3CNC(=O)CN3)c(C)c21.